The summed E-state index contributed by atoms with van der Waals surface area (Å²) in [7, 11) is 1.71. The second-order valence-corrected chi connectivity index (χ2v) is 3.65. The van der Waals surface area contributed by atoms with Crippen molar-refractivity contribution < 1.29 is 4.74 Å². The molecular formula is C14H15NO. The average Bonchev–Trinajstić information content (AvgIpc) is 2.55. The molecule has 1 aromatic carbocycles. The van der Waals surface area contributed by atoms with Crippen molar-refractivity contribution in [3.05, 3.63) is 59.9 Å². The van der Waals surface area contributed by atoms with Crippen LogP contribution in [0.25, 0.3) is 5.57 Å². The van der Waals surface area contributed by atoms with Crippen molar-refractivity contribution >= 4 is 11.3 Å². The van der Waals surface area contributed by atoms with E-state index >= 15 is 0 Å². The first-order valence-electron chi connectivity index (χ1n) is 5.27. The lowest BCUT2D eigenvalue weighted by atomic mass is 10.0. The van der Waals surface area contributed by atoms with Gasteiger partial charge in [0.2, 0.25) is 0 Å². The zero-order valence-electron chi connectivity index (χ0n) is 9.31. The molecule has 0 unspecified atom stereocenters. The Labute approximate surface area is 95.7 Å². The van der Waals surface area contributed by atoms with Crippen LogP contribution in [0, 0.1) is 0 Å². The van der Waals surface area contributed by atoms with Gasteiger partial charge in [0.1, 0.15) is 5.76 Å². The third-order valence-corrected chi connectivity index (χ3v) is 2.58. The van der Waals surface area contributed by atoms with Crippen molar-refractivity contribution in [3.63, 3.8) is 0 Å². The van der Waals surface area contributed by atoms with Gasteiger partial charge >= 0.3 is 0 Å². The molecule has 0 fully saturated rings. The Hall–Kier alpha value is -1.96. The minimum absolute atomic E-state index is 0.777. The second-order valence-electron chi connectivity index (χ2n) is 3.65. The Morgan fingerprint density at radius 2 is 1.88 bits per heavy atom. The zero-order chi connectivity index (χ0) is 11.4. The molecule has 16 heavy (non-hydrogen) atoms. The molecule has 0 aromatic heterocycles. The maximum atomic E-state index is 5.68. The molecule has 0 bridgehead atoms. The van der Waals surface area contributed by atoms with Gasteiger partial charge in [-0.2, -0.15) is 0 Å². The number of rotatable bonds is 2. The van der Waals surface area contributed by atoms with E-state index in [0.717, 1.165) is 29.0 Å². The Morgan fingerprint density at radius 1 is 1.12 bits per heavy atom. The van der Waals surface area contributed by atoms with Crippen molar-refractivity contribution in [3.8, 4) is 0 Å². The first-order chi connectivity index (χ1) is 7.81. The average molecular weight is 213 g/mol. The van der Waals surface area contributed by atoms with Crippen LogP contribution in [-0.2, 0) is 4.74 Å². The van der Waals surface area contributed by atoms with Gasteiger partial charge in [-0.25, -0.2) is 0 Å². The molecule has 2 heteroatoms. The largest absolute Gasteiger partial charge is 0.500 e. The van der Waals surface area contributed by atoms with E-state index in [1.807, 2.05) is 36.4 Å². The summed E-state index contributed by atoms with van der Waals surface area (Å²) in [5.41, 5.74) is 8.70. The quantitative estimate of drug-likeness (QED) is 0.766. The molecule has 0 aliphatic heterocycles. The van der Waals surface area contributed by atoms with Crippen LogP contribution in [0.1, 0.15) is 12.0 Å². The SMILES string of the molecule is COC1=C(c2ccc(N)cc2)C=CC=CC1. The summed E-state index contributed by atoms with van der Waals surface area (Å²) in [4.78, 5) is 0. The summed E-state index contributed by atoms with van der Waals surface area (Å²) >= 11 is 0. The van der Waals surface area contributed by atoms with E-state index in [9.17, 15) is 0 Å². The molecule has 0 saturated heterocycles. The Morgan fingerprint density at radius 3 is 2.56 bits per heavy atom. The standard InChI is InChI=1S/C14H15NO/c1-16-14-6-4-2-3-5-13(14)11-7-9-12(15)10-8-11/h2-5,7-10H,6,15H2,1H3. The molecule has 1 aliphatic carbocycles. The van der Waals surface area contributed by atoms with E-state index in [0.29, 0.717) is 0 Å². The highest BCUT2D eigenvalue weighted by Gasteiger charge is 2.07. The number of methoxy groups -OCH3 is 1. The maximum Gasteiger partial charge on any atom is 0.107 e. The summed E-state index contributed by atoms with van der Waals surface area (Å²) in [6.45, 7) is 0. The fourth-order valence-electron chi connectivity index (χ4n) is 1.72. The van der Waals surface area contributed by atoms with Crippen LogP contribution in [-0.4, -0.2) is 7.11 Å². The van der Waals surface area contributed by atoms with Crippen molar-refractivity contribution in [2.24, 2.45) is 0 Å². The zero-order valence-corrected chi connectivity index (χ0v) is 9.31. The summed E-state index contributed by atoms with van der Waals surface area (Å²) in [6, 6.07) is 7.84. The van der Waals surface area contributed by atoms with Crippen molar-refractivity contribution in [1.82, 2.24) is 0 Å². The topological polar surface area (TPSA) is 35.2 Å². The van der Waals surface area contributed by atoms with Gasteiger partial charge in [0, 0.05) is 17.7 Å². The first kappa shape index (κ1) is 10.6. The van der Waals surface area contributed by atoms with E-state index in [1.165, 1.54) is 0 Å². The Bertz CT molecular complexity index is 452. The van der Waals surface area contributed by atoms with Crippen LogP contribution in [0.4, 0.5) is 5.69 Å². The van der Waals surface area contributed by atoms with Crippen molar-refractivity contribution in [2.75, 3.05) is 12.8 Å². The maximum absolute atomic E-state index is 5.68. The van der Waals surface area contributed by atoms with Gasteiger partial charge in [-0.3, -0.25) is 0 Å². The van der Waals surface area contributed by atoms with Crippen molar-refractivity contribution in [1.29, 1.82) is 0 Å². The number of benzene rings is 1. The number of hydrogen-bond donors (Lipinski definition) is 1. The molecule has 1 aliphatic rings. The number of ether oxygens (including phenoxy) is 1. The fourth-order valence-corrected chi connectivity index (χ4v) is 1.72. The predicted molar refractivity (Wildman–Crippen MR) is 67.7 cm³/mol. The van der Waals surface area contributed by atoms with E-state index in [-0.39, 0.29) is 0 Å². The smallest absolute Gasteiger partial charge is 0.107 e. The molecule has 82 valence electrons. The molecule has 0 amide bonds. The van der Waals surface area contributed by atoms with E-state index in [1.54, 1.807) is 7.11 Å². The molecule has 0 atom stereocenters. The highest BCUT2D eigenvalue weighted by molar-refractivity contribution is 5.77. The minimum atomic E-state index is 0.777. The van der Waals surface area contributed by atoms with E-state index < -0.39 is 0 Å². The van der Waals surface area contributed by atoms with Crippen LogP contribution in [0.5, 0.6) is 0 Å². The molecule has 0 heterocycles. The summed E-state index contributed by atoms with van der Waals surface area (Å²) in [6.07, 6.45) is 9.03. The summed E-state index contributed by atoms with van der Waals surface area (Å²) in [5.74, 6) is 0.981. The minimum Gasteiger partial charge on any atom is -0.500 e. The Balaban J connectivity index is 2.44. The fraction of sp³-hybridized carbons (Fsp3) is 0.143. The van der Waals surface area contributed by atoms with Gasteiger partial charge in [0.05, 0.1) is 7.11 Å². The van der Waals surface area contributed by atoms with Crippen LogP contribution in [0.3, 0.4) is 0 Å². The molecule has 2 nitrogen and oxygen atoms in total. The Kier molecular flexibility index (Phi) is 3.10. The van der Waals surface area contributed by atoms with E-state index in [2.05, 4.69) is 12.2 Å². The third kappa shape index (κ3) is 2.16. The molecule has 2 rings (SSSR count). The number of hydrogen-bond acceptors (Lipinski definition) is 2. The number of nitrogens with two attached hydrogens (primary N) is 1. The van der Waals surface area contributed by atoms with Gasteiger partial charge in [-0.05, 0) is 17.7 Å². The monoisotopic (exact) mass is 213 g/mol. The van der Waals surface area contributed by atoms with Crippen LogP contribution in [0.15, 0.2) is 54.3 Å². The highest BCUT2D eigenvalue weighted by atomic mass is 16.5. The first-order valence-corrected chi connectivity index (χ1v) is 5.27. The normalized spacial score (nSPS) is 15.1. The van der Waals surface area contributed by atoms with Crippen LogP contribution in [0.2, 0.25) is 0 Å². The van der Waals surface area contributed by atoms with Crippen LogP contribution < -0.4 is 5.73 Å². The lowest BCUT2D eigenvalue weighted by Gasteiger charge is -2.09. The van der Waals surface area contributed by atoms with Gasteiger partial charge < -0.3 is 10.5 Å². The van der Waals surface area contributed by atoms with E-state index in [4.69, 9.17) is 10.5 Å². The van der Waals surface area contributed by atoms with Gasteiger partial charge in [0.15, 0.2) is 0 Å². The molecule has 0 saturated carbocycles. The predicted octanol–water partition coefficient (Wildman–Crippen LogP) is 3.14. The number of nitrogen functional groups attached to an aromatic ring is 1. The molecular weight excluding hydrogens is 198 g/mol. The molecule has 1 aromatic rings. The van der Waals surface area contributed by atoms with Gasteiger partial charge in [0.25, 0.3) is 0 Å². The second kappa shape index (κ2) is 4.71. The molecule has 2 N–H and O–H groups in total. The third-order valence-electron chi connectivity index (χ3n) is 2.58. The van der Waals surface area contributed by atoms with Crippen molar-refractivity contribution in [2.45, 2.75) is 6.42 Å². The summed E-state index contributed by atoms with van der Waals surface area (Å²) in [5, 5.41) is 0. The summed E-state index contributed by atoms with van der Waals surface area (Å²) < 4.78 is 5.41. The number of anilines is 1. The number of allylic oxidation sites excluding steroid dienone is 5. The molecule has 0 radical (unpaired) electrons. The lowest BCUT2D eigenvalue weighted by Crippen LogP contribution is -1.92. The lowest BCUT2D eigenvalue weighted by molar-refractivity contribution is 0.287. The highest BCUT2D eigenvalue weighted by Crippen LogP contribution is 2.25. The van der Waals surface area contributed by atoms with Gasteiger partial charge in [-0.1, -0.05) is 36.4 Å². The molecule has 0 spiro atoms. The van der Waals surface area contributed by atoms with Gasteiger partial charge in [-0.15, -0.1) is 0 Å². The van der Waals surface area contributed by atoms with Crippen LogP contribution >= 0.6 is 0 Å².